The summed E-state index contributed by atoms with van der Waals surface area (Å²) in [5, 5.41) is 6.57. The summed E-state index contributed by atoms with van der Waals surface area (Å²) in [4.78, 5) is 0. The van der Waals surface area contributed by atoms with Gasteiger partial charge >= 0.3 is 0 Å². The summed E-state index contributed by atoms with van der Waals surface area (Å²) in [6.45, 7) is 2.13. The number of benzene rings is 6. The van der Waals surface area contributed by atoms with Gasteiger partial charge in [-0.3, -0.25) is 8.97 Å². The van der Waals surface area contributed by atoms with Crippen LogP contribution in [0.15, 0.2) is 126 Å². The summed E-state index contributed by atoms with van der Waals surface area (Å²) in [6.07, 6.45) is 0. The molecule has 6 aromatic carbocycles. The highest BCUT2D eigenvalue weighted by molar-refractivity contribution is 6.36. The van der Waals surface area contributed by atoms with Crippen LogP contribution in [0.4, 0.5) is 0 Å². The molecule has 3 nitrogen and oxygen atoms in total. The van der Waals surface area contributed by atoms with Crippen molar-refractivity contribution in [1.82, 2.24) is 8.97 Å². The second-order valence-corrected chi connectivity index (χ2v) is 11.2. The Kier molecular flexibility index (Phi) is 4.59. The molecule has 0 saturated heterocycles. The van der Waals surface area contributed by atoms with Crippen LogP contribution in [-0.4, -0.2) is 8.97 Å². The Balaban J connectivity index is 1.39. The van der Waals surface area contributed by atoms with Crippen LogP contribution in [0.25, 0.3) is 77.1 Å². The van der Waals surface area contributed by atoms with E-state index in [2.05, 4.69) is 125 Å². The molecular formula is C37H23ClN2O. The molecule has 0 aliphatic heterocycles. The molecule has 0 saturated carbocycles. The van der Waals surface area contributed by atoms with Crippen LogP contribution in [0.5, 0.6) is 0 Å². The molecule has 0 amide bonds. The van der Waals surface area contributed by atoms with Crippen LogP contribution in [-0.2, 0) is 0 Å². The smallest absolute Gasteiger partial charge is 0.143 e. The van der Waals surface area contributed by atoms with E-state index in [1.165, 1.54) is 21.7 Å². The molecule has 0 N–H and O–H groups in total. The molecule has 9 aromatic rings. The van der Waals surface area contributed by atoms with Crippen molar-refractivity contribution in [2.75, 3.05) is 0 Å². The average molecular weight is 547 g/mol. The Bertz CT molecular complexity index is 2510. The molecule has 0 aliphatic carbocycles. The molecule has 9 rings (SSSR count). The number of para-hydroxylation sites is 4. The maximum atomic E-state index is 7.43. The molecule has 0 bridgehead atoms. The van der Waals surface area contributed by atoms with Gasteiger partial charge in [0.2, 0.25) is 0 Å². The first kappa shape index (κ1) is 22.8. The van der Waals surface area contributed by atoms with E-state index in [0.29, 0.717) is 5.02 Å². The normalized spacial score (nSPS) is 12.1. The van der Waals surface area contributed by atoms with Crippen molar-refractivity contribution in [2.24, 2.45) is 0 Å². The standard InChI is InChI=1S/C37H23ClN2O/c1-22-19-29(28-13-8-12-27-26-11-4-7-16-33(26)41-37(27)28)35(38)32(20-22)39-30-14-5-6-15-31(30)40-34(39)21-24-18-17-23-9-2-3-10-25(23)36(24)40/h2-21H,1H3. The highest BCUT2D eigenvalue weighted by atomic mass is 35.5. The van der Waals surface area contributed by atoms with Crippen molar-refractivity contribution < 1.29 is 4.42 Å². The quantitative estimate of drug-likeness (QED) is 0.211. The molecule has 0 unspecified atom stereocenters. The van der Waals surface area contributed by atoms with Gasteiger partial charge in [0.15, 0.2) is 0 Å². The lowest BCUT2D eigenvalue weighted by molar-refractivity contribution is 0.670. The number of furan rings is 1. The zero-order chi connectivity index (χ0) is 27.2. The third kappa shape index (κ3) is 3.10. The number of halogens is 1. The van der Waals surface area contributed by atoms with Gasteiger partial charge in [-0.25, -0.2) is 0 Å². The van der Waals surface area contributed by atoms with Crippen LogP contribution in [0.2, 0.25) is 5.02 Å². The fourth-order valence-corrected chi connectivity index (χ4v) is 6.95. The first-order valence-electron chi connectivity index (χ1n) is 13.8. The number of imidazole rings is 1. The van der Waals surface area contributed by atoms with E-state index in [0.717, 1.165) is 61.0 Å². The maximum absolute atomic E-state index is 7.43. The van der Waals surface area contributed by atoms with Crippen molar-refractivity contribution in [3.05, 3.63) is 132 Å². The monoisotopic (exact) mass is 546 g/mol. The molecule has 3 aromatic heterocycles. The van der Waals surface area contributed by atoms with Crippen molar-refractivity contribution in [3.8, 4) is 16.8 Å². The predicted octanol–water partition coefficient (Wildman–Crippen LogP) is 10.7. The minimum absolute atomic E-state index is 0.696. The molecule has 0 fully saturated rings. The van der Waals surface area contributed by atoms with E-state index >= 15 is 0 Å². The highest BCUT2D eigenvalue weighted by Crippen LogP contribution is 2.43. The number of aromatic nitrogens is 2. The van der Waals surface area contributed by atoms with Crippen LogP contribution >= 0.6 is 11.6 Å². The van der Waals surface area contributed by atoms with E-state index < -0.39 is 0 Å². The van der Waals surface area contributed by atoms with Crippen LogP contribution in [0.1, 0.15) is 5.56 Å². The van der Waals surface area contributed by atoms with Gasteiger partial charge in [-0.15, -0.1) is 0 Å². The third-order valence-electron chi connectivity index (χ3n) is 8.39. The maximum Gasteiger partial charge on any atom is 0.143 e. The largest absolute Gasteiger partial charge is 0.455 e. The van der Waals surface area contributed by atoms with E-state index in [9.17, 15) is 0 Å². The summed E-state index contributed by atoms with van der Waals surface area (Å²) in [5.74, 6) is 0. The molecule has 0 aliphatic rings. The van der Waals surface area contributed by atoms with Gasteiger partial charge in [0.05, 0.1) is 27.3 Å². The van der Waals surface area contributed by atoms with Gasteiger partial charge < -0.3 is 4.42 Å². The van der Waals surface area contributed by atoms with Crippen molar-refractivity contribution >= 4 is 71.9 Å². The van der Waals surface area contributed by atoms with Gasteiger partial charge in [0, 0.05) is 32.7 Å². The van der Waals surface area contributed by atoms with Crippen molar-refractivity contribution in [3.63, 3.8) is 0 Å². The van der Waals surface area contributed by atoms with E-state index in [4.69, 9.17) is 16.0 Å². The lowest BCUT2D eigenvalue weighted by Crippen LogP contribution is -1.98. The summed E-state index contributed by atoms with van der Waals surface area (Å²) in [5.41, 5.74) is 10.3. The Morgan fingerprint density at radius 1 is 0.610 bits per heavy atom. The van der Waals surface area contributed by atoms with Gasteiger partial charge in [-0.1, -0.05) is 96.5 Å². The number of hydrogen-bond donors (Lipinski definition) is 0. The van der Waals surface area contributed by atoms with Crippen molar-refractivity contribution in [2.45, 2.75) is 6.92 Å². The zero-order valence-corrected chi connectivity index (χ0v) is 23.0. The van der Waals surface area contributed by atoms with Gasteiger partial charge in [0.1, 0.15) is 16.8 Å². The van der Waals surface area contributed by atoms with E-state index in [1.807, 2.05) is 12.1 Å². The number of rotatable bonds is 2. The summed E-state index contributed by atoms with van der Waals surface area (Å²) in [6, 6.07) is 42.7. The minimum Gasteiger partial charge on any atom is -0.455 e. The lowest BCUT2D eigenvalue weighted by atomic mass is 9.99. The predicted molar refractivity (Wildman–Crippen MR) is 172 cm³/mol. The number of hydrogen-bond acceptors (Lipinski definition) is 1. The SMILES string of the molecule is Cc1cc(-c2cccc3c2oc2ccccc23)c(Cl)c(-n2c3ccccc3n3c4c(ccc5ccccc54)cc23)c1. The molecule has 41 heavy (non-hydrogen) atoms. The molecule has 0 radical (unpaired) electrons. The molecule has 0 spiro atoms. The second-order valence-electron chi connectivity index (χ2n) is 10.8. The number of fused-ring (bicyclic) bond motifs is 10. The summed E-state index contributed by atoms with van der Waals surface area (Å²) in [7, 11) is 0. The molecule has 194 valence electrons. The minimum atomic E-state index is 0.696. The molecule has 4 heteroatoms. The van der Waals surface area contributed by atoms with Crippen molar-refractivity contribution in [1.29, 1.82) is 0 Å². The van der Waals surface area contributed by atoms with Gasteiger partial charge in [-0.05, 0) is 54.3 Å². The summed E-state index contributed by atoms with van der Waals surface area (Å²) >= 11 is 7.43. The fourth-order valence-electron chi connectivity index (χ4n) is 6.65. The molecule has 0 atom stereocenters. The second kappa shape index (κ2) is 8.26. The molecule has 3 heterocycles. The Labute approximate surface area is 240 Å². The topological polar surface area (TPSA) is 22.5 Å². The lowest BCUT2D eigenvalue weighted by Gasteiger charge is -2.14. The average Bonchev–Trinajstić information content (AvgIpc) is 3.67. The van der Waals surface area contributed by atoms with Crippen LogP contribution in [0.3, 0.4) is 0 Å². The zero-order valence-electron chi connectivity index (χ0n) is 22.2. The third-order valence-corrected chi connectivity index (χ3v) is 8.79. The van der Waals surface area contributed by atoms with E-state index in [1.54, 1.807) is 0 Å². The van der Waals surface area contributed by atoms with Crippen LogP contribution < -0.4 is 0 Å². The first-order valence-corrected chi connectivity index (χ1v) is 14.2. The molecular weight excluding hydrogens is 524 g/mol. The fraction of sp³-hybridized carbons (Fsp3) is 0.0270. The Morgan fingerprint density at radius 2 is 1.34 bits per heavy atom. The number of aryl methyl sites for hydroxylation is 1. The number of nitrogens with zero attached hydrogens (tertiary/aromatic N) is 2. The first-order chi connectivity index (χ1) is 20.2. The van der Waals surface area contributed by atoms with Gasteiger partial charge in [0.25, 0.3) is 0 Å². The highest BCUT2D eigenvalue weighted by Gasteiger charge is 2.22. The Hall–Kier alpha value is -4.99. The van der Waals surface area contributed by atoms with E-state index in [-0.39, 0.29) is 0 Å². The van der Waals surface area contributed by atoms with Crippen LogP contribution in [0, 0.1) is 6.92 Å². The summed E-state index contributed by atoms with van der Waals surface area (Å²) < 4.78 is 11.1. The van der Waals surface area contributed by atoms with Gasteiger partial charge in [-0.2, -0.15) is 0 Å². The Morgan fingerprint density at radius 3 is 2.24 bits per heavy atom.